The average molecular weight is 350 g/mol. The zero-order valence-electron chi connectivity index (χ0n) is 14.6. The molecule has 128 valence electrons. The Bertz CT molecular complexity index is 875. The highest BCUT2D eigenvalue weighted by Crippen LogP contribution is 2.23. The van der Waals surface area contributed by atoms with E-state index in [0.29, 0.717) is 5.92 Å². The Labute approximate surface area is 152 Å². The van der Waals surface area contributed by atoms with Gasteiger partial charge in [-0.2, -0.15) is 0 Å². The van der Waals surface area contributed by atoms with Crippen LogP contribution >= 0.6 is 11.9 Å². The smallest absolute Gasteiger partial charge is 0.245 e. The summed E-state index contributed by atoms with van der Waals surface area (Å²) in [6.07, 6.45) is 2.41. The summed E-state index contributed by atoms with van der Waals surface area (Å²) in [7, 11) is 0. The minimum Gasteiger partial charge on any atom is -0.245 e. The Balaban J connectivity index is 1.83. The molecule has 0 aliphatic rings. The zero-order valence-corrected chi connectivity index (χ0v) is 15.4. The molecule has 4 heteroatoms. The highest BCUT2D eigenvalue weighted by atomic mass is 32.2. The van der Waals surface area contributed by atoms with Crippen LogP contribution in [0.15, 0.2) is 71.7 Å². The SMILES string of the molecule is Cc1cnc(=O)n(SCC(C)c2ccccc2)c1Cc1ccccc1. The van der Waals surface area contributed by atoms with Crippen LogP contribution in [0.1, 0.15) is 35.2 Å². The molecule has 3 rings (SSSR count). The molecular weight excluding hydrogens is 328 g/mol. The average Bonchev–Trinajstić information content (AvgIpc) is 2.65. The van der Waals surface area contributed by atoms with Gasteiger partial charge in [0.05, 0.1) is 0 Å². The van der Waals surface area contributed by atoms with Crippen LogP contribution in [0.5, 0.6) is 0 Å². The molecule has 1 unspecified atom stereocenters. The first-order valence-corrected chi connectivity index (χ1v) is 9.39. The van der Waals surface area contributed by atoms with Crippen molar-refractivity contribution in [3.8, 4) is 0 Å². The molecule has 3 nitrogen and oxygen atoms in total. The number of hydrogen-bond donors (Lipinski definition) is 0. The van der Waals surface area contributed by atoms with Gasteiger partial charge in [0.1, 0.15) is 0 Å². The van der Waals surface area contributed by atoms with E-state index in [9.17, 15) is 4.79 Å². The largest absolute Gasteiger partial charge is 0.357 e. The first-order valence-electron chi connectivity index (χ1n) is 8.45. The van der Waals surface area contributed by atoms with E-state index in [0.717, 1.165) is 23.4 Å². The Morgan fingerprint density at radius 3 is 2.36 bits per heavy atom. The summed E-state index contributed by atoms with van der Waals surface area (Å²) in [5.41, 5.74) is 4.36. The molecule has 0 saturated heterocycles. The fourth-order valence-electron chi connectivity index (χ4n) is 2.75. The molecule has 2 aromatic carbocycles. The van der Waals surface area contributed by atoms with E-state index in [4.69, 9.17) is 0 Å². The second-order valence-electron chi connectivity index (χ2n) is 6.23. The van der Waals surface area contributed by atoms with Crippen LogP contribution in [-0.2, 0) is 6.42 Å². The summed E-state index contributed by atoms with van der Waals surface area (Å²) < 4.78 is 1.77. The minimum atomic E-state index is -0.193. The fourth-order valence-corrected chi connectivity index (χ4v) is 3.84. The van der Waals surface area contributed by atoms with Gasteiger partial charge in [-0.25, -0.2) is 13.8 Å². The summed E-state index contributed by atoms with van der Waals surface area (Å²) in [6.45, 7) is 4.20. The van der Waals surface area contributed by atoms with Crippen molar-refractivity contribution in [1.29, 1.82) is 0 Å². The molecule has 25 heavy (non-hydrogen) atoms. The maximum Gasteiger partial charge on any atom is 0.357 e. The molecule has 0 bridgehead atoms. The standard InChI is InChI=1S/C21H22N2OS/c1-16-14-22-21(24)23(20(16)13-18-9-5-3-6-10-18)25-15-17(2)19-11-7-4-8-12-19/h3-12,14,17H,13,15H2,1-2H3. The monoisotopic (exact) mass is 350 g/mol. The van der Waals surface area contributed by atoms with Crippen molar-refractivity contribution < 1.29 is 0 Å². The maximum atomic E-state index is 12.4. The van der Waals surface area contributed by atoms with Crippen LogP contribution in [0.2, 0.25) is 0 Å². The van der Waals surface area contributed by atoms with Crippen LogP contribution in [0.25, 0.3) is 0 Å². The molecule has 1 aromatic heterocycles. The summed E-state index contributed by atoms with van der Waals surface area (Å²) in [4.78, 5) is 16.4. The molecule has 0 radical (unpaired) electrons. The lowest BCUT2D eigenvalue weighted by Crippen LogP contribution is -2.23. The molecule has 0 saturated carbocycles. The molecule has 0 aliphatic heterocycles. The molecule has 3 aromatic rings. The Hall–Kier alpha value is -2.33. The quantitative estimate of drug-likeness (QED) is 0.659. The van der Waals surface area contributed by atoms with Crippen LogP contribution < -0.4 is 5.69 Å². The minimum absolute atomic E-state index is 0.193. The van der Waals surface area contributed by atoms with Crippen molar-refractivity contribution in [3.05, 3.63) is 99.7 Å². The van der Waals surface area contributed by atoms with Crippen LogP contribution in [0.3, 0.4) is 0 Å². The van der Waals surface area contributed by atoms with E-state index in [1.807, 2.05) is 31.2 Å². The fraction of sp³-hybridized carbons (Fsp3) is 0.238. The van der Waals surface area contributed by atoms with Crippen molar-refractivity contribution >= 4 is 11.9 Å². The van der Waals surface area contributed by atoms with Crippen molar-refractivity contribution in [2.75, 3.05) is 5.75 Å². The highest BCUT2D eigenvalue weighted by molar-refractivity contribution is 7.97. The Morgan fingerprint density at radius 1 is 1.04 bits per heavy atom. The van der Waals surface area contributed by atoms with E-state index >= 15 is 0 Å². The number of benzene rings is 2. The molecule has 0 N–H and O–H groups in total. The third kappa shape index (κ3) is 4.40. The first-order chi connectivity index (χ1) is 12.1. The third-order valence-electron chi connectivity index (χ3n) is 4.28. The van der Waals surface area contributed by atoms with Gasteiger partial charge in [0, 0.05) is 24.1 Å². The van der Waals surface area contributed by atoms with Crippen LogP contribution in [0, 0.1) is 6.92 Å². The molecule has 1 heterocycles. The lowest BCUT2D eigenvalue weighted by atomic mass is 10.0. The molecule has 0 aliphatic carbocycles. The number of nitrogens with zero attached hydrogens (tertiary/aromatic N) is 2. The van der Waals surface area contributed by atoms with Gasteiger partial charge in [0.25, 0.3) is 0 Å². The van der Waals surface area contributed by atoms with Gasteiger partial charge in [0.15, 0.2) is 0 Å². The van der Waals surface area contributed by atoms with Crippen LogP contribution in [-0.4, -0.2) is 14.7 Å². The lowest BCUT2D eigenvalue weighted by molar-refractivity contribution is 0.861. The lowest BCUT2D eigenvalue weighted by Gasteiger charge is -2.16. The predicted molar refractivity (Wildman–Crippen MR) is 105 cm³/mol. The van der Waals surface area contributed by atoms with E-state index in [-0.39, 0.29) is 5.69 Å². The number of aromatic nitrogens is 2. The normalized spacial score (nSPS) is 12.1. The van der Waals surface area contributed by atoms with Crippen molar-refractivity contribution in [3.63, 3.8) is 0 Å². The highest BCUT2D eigenvalue weighted by Gasteiger charge is 2.13. The second-order valence-corrected chi connectivity index (χ2v) is 7.19. The summed E-state index contributed by atoms with van der Waals surface area (Å²) in [5, 5.41) is 0. The zero-order chi connectivity index (χ0) is 17.6. The molecule has 1 atom stereocenters. The number of aryl methyl sites for hydroxylation is 1. The summed E-state index contributed by atoms with van der Waals surface area (Å²) in [5.74, 6) is 1.19. The van der Waals surface area contributed by atoms with Gasteiger partial charge in [-0.1, -0.05) is 67.6 Å². The van der Waals surface area contributed by atoms with Crippen LogP contribution in [0.4, 0.5) is 0 Å². The topological polar surface area (TPSA) is 34.9 Å². The predicted octanol–water partition coefficient (Wildman–Crippen LogP) is 4.44. The van der Waals surface area contributed by atoms with Gasteiger partial charge >= 0.3 is 5.69 Å². The first kappa shape index (κ1) is 17.5. The summed E-state index contributed by atoms with van der Waals surface area (Å²) in [6, 6.07) is 20.6. The number of hydrogen-bond acceptors (Lipinski definition) is 3. The summed E-state index contributed by atoms with van der Waals surface area (Å²) >= 11 is 1.55. The van der Waals surface area contributed by atoms with Crippen molar-refractivity contribution in [2.24, 2.45) is 0 Å². The Kier molecular flexibility index (Phi) is 5.71. The van der Waals surface area contributed by atoms with E-state index < -0.39 is 0 Å². The molecule has 0 fully saturated rings. The van der Waals surface area contributed by atoms with Gasteiger partial charge in [-0.05, 0) is 41.5 Å². The molecule has 0 spiro atoms. The van der Waals surface area contributed by atoms with Gasteiger partial charge in [-0.3, -0.25) is 0 Å². The molecule has 0 amide bonds. The van der Waals surface area contributed by atoms with Crippen molar-refractivity contribution in [1.82, 2.24) is 8.96 Å². The van der Waals surface area contributed by atoms with Gasteiger partial charge in [0.2, 0.25) is 0 Å². The Morgan fingerprint density at radius 2 is 1.68 bits per heavy atom. The number of rotatable bonds is 6. The van der Waals surface area contributed by atoms with Gasteiger partial charge < -0.3 is 0 Å². The van der Waals surface area contributed by atoms with E-state index in [2.05, 4.69) is 48.3 Å². The maximum absolute atomic E-state index is 12.4. The van der Waals surface area contributed by atoms with Gasteiger partial charge in [-0.15, -0.1) is 0 Å². The molecular formula is C21H22N2OS. The van der Waals surface area contributed by atoms with Crippen molar-refractivity contribution in [2.45, 2.75) is 26.2 Å². The van der Waals surface area contributed by atoms with E-state index in [1.54, 1.807) is 22.1 Å². The third-order valence-corrected chi connectivity index (χ3v) is 5.56. The van der Waals surface area contributed by atoms with E-state index in [1.165, 1.54) is 11.1 Å². The second kappa shape index (κ2) is 8.17.